The molecule has 1 aromatic rings. The molecule has 0 atom stereocenters. The van der Waals surface area contributed by atoms with Gasteiger partial charge in [-0.25, -0.2) is 0 Å². The van der Waals surface area contributed by atoms with Crippen molar-refractivity contribution in [2.45, 2.75) is 63.2 Å². The van der Waals surface area contributed by atoms with Crippen molar-refractivity contribution in [3.63, 3.8) is 0 Å². The third kappa shape index (κ3) is 2.00. The molecule has 1 heterocycles. The molecule has 0 radical (unpaired) electrons. The first kappa shape index (κ1) is 14.6. The van der Waals surface area contributed by atoms with Gasteiger partial charge in [0.2, 0.25) is 0 Å². The predicted octanol–water partition coefficient (Wildman–Crippen LogP) is 6.66. The topological polar surface area (TPSA) is 15.8 Å². The standard InChI is InChI=1S/C23H27N/c1-6-14-23(15-7-1,17-9-2-3-10-17)21-19-12-5-4-11-18(19)20-13-8-16-24-22(20)21/h4-5,8,11-13,16-17,24H,1-3,6-7,9-10,14-15H2. The van der Waals surface area contributed by atoms with Crippen LogP contribution in [0.5, 0.6) is 0 Å². The van der Waals surface area contributed by atoms with Gasteiger partial charge in [0.1, 0.15) is 0 Å². The van der Waals surface area contributed by atoms with Crippen molar-refractivity contribution in [1.82, 2.24) is 4.98 Å². The summed E-state index contributed by atoms with van der Waals surface area (Å²) in [6.45, 7) is 0. The highest BCUT2D eigenvalue weighted by atomic mass is 14.7. The molecule has 1 aliphatic heterocycles. The van der Waals surface area contributed by atoms with Crippen LogP contribution in [0.15, 0.2) is 42.6 Å². The summed E-state index contributed by atoms with van der Waals surface area (Å²) in [6, 6.07) is 13.6. The van der Waals surface area contributed by atoms with Gasteiger partial charge in [-0.2, -0.15) is 0 Å². The molecular weight excluding hydrogens is 290 g/mol. The minimum atomic E-state index is 0.411. The van der Waals surface area contributed by atoms with Crippen LogP contribution in [0.25, 0.3) is 22.0 Å². The molecule has 0 spiro atoms. The summed E-state index contributed by atoms with van der Waals surface area (Å²) in [5, 5.41) is 2.96. The van der Waals surface area contributed by atoms with Crippen LogP contribution in [0.4, 0.5) is 0 Å². The molecule has 0 saturated heterocycles. The molecule has 0 unspecified atom stereocenters. The van der Waals surface area contributed by atoms with Gasteiger partial charge in [0.15, 0.2) is 0 Å². The first-order valence-electron chi connectivity index (χ1n) is 9.88. The fourth-order valence-corrected chi connectivity index (χ4v) is 5.98. The van der Waals surface area contributed by atoms with E-state index in [1.807, 2.05) is 0 Å². The Hall–Kier alpha value is -1.76. The van der Waals surface area contributed by atoms with Crippen LogP contribution in [-0.4, -0.2) is 4.98 Å². The summed E-state index contributed by atoms with van der Waals surface area (Å²) in [5.74, 6) is 0.889. The Morgan fingerprint density at radius 3 is 2.33 bits per heavy atom. The molecule has 3 aliphatic carbocycles. The summed E-state index contributed by atoms with van der Waals surface area (Å²) in [6.07, 6.45) is 14.9. The maximum atomic E-state index is 3.65. The number of pyridine rings is 1. The number of nitrogens with one attached hydrogen (secondary N) is 1. The van der Waals surface area contributed by atoms with E-state index in [-0.39, 0.29) is 0 Å². The minimum absolute atomic E-state index is 0.411. The zero-order valence-electron chi connectivity index (χ0n) is 14.5. The lowest BCUT2D eigenvalue weighted by Gasteiger charge is -2.43. The van der Waals surface area contributed by atoms with Gasteiger partial charge in [0, 0.05) is 17.2 Å². The van der Waals surface area contributed by atoms with Crippen LogP contribution >= 0.6 is 0 Å². The molecule has 0 amide bonds. The molecule has 2 fully saturated rings. The highest BCUT2D eigenvalue weighted by Gasteiger charge is 2.45. The fourth-order valence-electron chi connectivity index (χ4n) is 5.98. The number of hydrogen-bond donors (Lipinski definition) is 1. The van der Waals surface area contributed by atoms with Crippen LogP contribution in [0.1, 0.15) is 63.4 Å². The largest absolute Gasteiger partial charge is 0.361 e. The molecule has 5 rings (SSSR count). The van der Waals surface area contributed by atoms with Gasteiger partial charge < -0.3 is 4.98 Å². The number of aromatic nitrogens is 1. The Balaban J connectivity index is 1.81. The van der Waals surface area contributed by atoms with Crippen LogP contribution in [0.3, 0.4) is 0 Å². The molecule has 1 aromatic carbocycles. The average molecular weight is 317 g/mol. The van der Waals surface area contributed by atoms with Gasteiger partial charge in [0.25, 0.3) is 0 Å². The van der Waals surface area contributed by atoms with Crippen molar-refractivity contribution in [2.24, 2.45) is 5.92 Å². The second-order valence-corrected chi connectivity index (χ2v) is 8.08. The average Bonchev–Trinajstić information content (AvgIpc) is 3.29. The number of H-pyrrole nitrogens is 1. The molecular formula is C23H27N. The van der Waals surface area contributed by atoms with E-state index in [2.05, 4.69) is 47.6 Å². The number of hydrogen-bond acceptors (Lipinski definition) is 0. The van der Waals surface area contributed by atoms with Crippen LogP contribution in [-0.2, 0) is 5.41 Å². The van der Waals surface area contributed by atoms with Gasteiger partial charge in [-0.1, -0.05) is 62.4 Å². The van der Waals surface area contributed by atoms with Crippen molar-refractivity contribution >= 4 is 10.8 Å². The van der Waals surface area contributed by atoms with E-state index in [4.69, 9.17) is 0 Å². The van der Waals surface area contributed by atoms with Crippen LogP contribution in [0.2, 0.25) is 0 Å². The zero-order valence-corrected chi connectivity index (χ0v) is 14.5. The van der Waals surface area contributed by atoms with Crippen LogP contribution < -0.4 is 0 Å². The Morgan fingerprint density at radius 2 is 1.54 bits per heavy atom. The van der Waals surface area contributed by atoms with Crippen molar-refractivity contribution in [1.29, 1.82) is 0 Å². The van der Waals surface area contributed by atoms with E-state index in [1.165, 1.54) is 79.8 Å². The van der Waals surface area contributed by atoms with Crippen molar-refractivity contribution in [3.05, 3.63) is 48.2 Å². The molecule has 0 bridgehead atoms. The summed E-state index contributed by atoms with van der Waals surface area (Å²) in [7, 11) is 0. The predicted molar refractivity (Wildman–Crippen MR) is 102 cm³/mol. The lowest BCUT2D eigenvalue weighted by molar-refractivity contribution is 0.195. The van der Waals surface area contributed by atoms with Crippen molar-refractivity contribution in [2.75, 3.05) is 0 Å². The third-order valence-corrected chi connectivity index (χ3v) is 6.97. The first-order valence-corrected chi connectivity index (χ1v) is 9.88. The molecule has 2 saturated carbocycles. The minimum Gasteiger partial charge on any atom is -0.361 e. The lowest BCUT2D eigenvalue weighted by Crippen LogP contribution is -2.36. The summed E-state index contributed by atoms with van der Waals surface area (Å²) < 4.78 is 0. The van der Waals surface area contributed by atoms with Gasteiger partial charge in [-0.15, -0.1) is 0 Å². The quantitative estimate of drug-likeness (QED) is 0.543. The Kier molecular flexibility index (Phi) is 3.43. The molecule has 1 N–H and O–H groups in total. The van der Waals surface area contributed by atoms with Crippen molar-refractivity contribution in [3.8, 4) is 11.3 Å². The van der Waals surface area contributed by atoms with Gasteiger partial charge in [0.05, 0.1) is 5.69 Å². The monoisotopic (exact) mass is 317 g/mol. The van der Waals surface area contributed by atoms with E-state index in [0.717, 1.165) is 5.92 Å². The van der Waals surface area contributed by atoms with Gasteiger partial charge in [-0.3, -0.25) is 0 Å². The summed E-state index contributed by atoms with van der Waals surface area (Å²) in [4.78, 5) is 3.65. The maximum absolute atomic E-state index is 3.65. The van der Waals surface area contributed by atoms with E-state index in [9.17, 15) is 0 Å². The first-order chi connectivity index (χ1) is 11.9. The zero-order chi connectivity index (χ0) is 16.0. The van der Waals surface area contributed by atoms with E-state index in [0.29, 0.717) is 5.41 Å². The SMILES string of the molecule is c1c[nH]c2c(C3(C4CCCC4)CCCCC3)c3ccccc3c-2c1. The van der Waals surface area contributed by atoms with Gasteiger partial charge in [-0.05, 0) is 54.0 Å². The van der Waals surface area contributed by atoms with E-state index < -0.39 is 0 Å². The van der Waals surface area contributed by atoms with E-state index >= 15 is 0 Å². The fraction of sp³-hybridized carbons (Fsp3) is 0.478. The lowest BCUT2D eigenvalue weighted by atomic mass is 9.61. The molecule has 4 aliphatic rings. The summed E-state index contributed by atoms with van der Waals surface area (Å²) >= 11 is 0. The number of rotatable bonds is 2. The van der Waals surface area contributed by atoms with Crippen molar-refractivity contribution < 1.29 is 0 Å². The highest BCUT2D eigenvalue weighted by Crippen LogP contribution is 2.56. The Bertz CT molecular complexity index is 815. The number of fused-ring (bicyclic) bond motifs is 3. The second kappa shape index (κ2) is 5.65. The smallest absolute Gasteiger partial charge is 0.0504 e. The Morgan fingerprint density at radius 1 is 0.792 bits per heavy atom. The number of aromatic amines is 1. The second-order valence-electron chi connectivity index (χ2n) is 8.08. The Labute approximate surface area is 144 Å². The molecule has 0 aromatic heterocycles. The van der Waals surface area contributed by atoms with Gasteiger partial charge >= 0.3 is 0 Å². The number of benzene rings is 1. The molecule has 24 heavy (non-hydrogen) atoms. The third-order valence-electron chi connectivity index (χ3n) is 6.97. The summed E-state index contributed by atoms with van der Waals surface area (Å²) in [5.41, 5.74) is 4.92. The van der Waals surface area contributed by atoms with E-state index in [1.54, 1.807) is 5.56 Å². The maximum Gasteiger partial charge on any atom is 0.0504 e. The highest BCUT2D eigenvalue weighted by molar-refractivity contribution is 6.05. The normalized spacial score (nSPS) is 21.7. The molecule has 1 nitrogen and oxygen atoms in total. The molecule has 124 valence electrons. The van der Waals surface area contributed by atoms with Crippen LogP contribution in [0, 0.1) is 5.92 Å². The molecule has 1 heteroatoms.